The van der Waals surface area contributed by atoms with Gasteiger partial charge in [-0.25, -0.2) is 4.99 Å². The lowest BCUT2D eigenvalue weighted by Gasteiger charge is -2.13. The summed E-state index contributed by atoms with van der Waals surface area (Å²) >= 11 is 0. The lowest BCUT2D eigenvalue weighted by molar-refractivity contribution is -0.153. The summed E-state index contributed by atoms with van der Waals surface area (Å²) in [4.78, 5) is 4.31. The first-order valence-electron chi connectivity index (χ1n) is 6.76. The number of alkyl halides is 3. The van der Waals surface area contributed by atoms with Crippen LogP contribution < -0.4 is 15.4 Å². The van der Waals surface area contributed by atoms with Crippen molar-refractivity contribution >= 4 is 5.96 Å². The molecule has 1 aromatic carbocycles. The van der Waals surface area contributed by atoms with Gasteiger partial charge in [-0.1, -0.05) is 18.2 Å². The van der Waals surface area contributed by atoms with E-state index in [-0.39, 0.29) is 12.3 Å². The van der Waals surface area contributed by atoms with E-state index in [0.717, 1.165) is 0 Å². The van der Waals surface area contributed by atoms with Gasteiger partial charge in [0.15, 0.2) is 12.6 Å². The molecule has 0 aromatic heterocycles. The molecule has 0 aliphatic carbocycles. The summed E-state index contributed by atoms with van der Waals surface area (Å²) in [5.41, 5.74) is 0.607. The fourth-order valence-electron chi connectivity index (χ4n) is 1.61. The highest BCUT2D eigenvalue weighted by Gasteiger charge is 2.28. The van der Waals surface area contributed by atoms with Crippen LogP contribution in [0.5, 0.6) is 5.75 Å². The molecule has 0 radical (unpaired) electrons. The fourth-order valence-corrected chi connectivity index (χ4v) is 1.61. The third-order valence-corrected chi connectivity index (χ3v) is 2.46. The highest BCUT2D eigenvalue weighted by molar-refractivity contribution is 5.79. The van der Waals surface area contributed by atoms with Crippen molar-refractivity contribution in [2.24, 2.45) is 4.99 Å². The van der Waals surface area contributed by atoms with Gasteiger partial charge in [-0.2, -0.15) is 13.2 Å². The number of guanidine groups is 1. The molecule has 1 rings (SSSR count). The van der Waals surface area contributed by atoms with E-state index in [9.17, 15) is 13.2 Å². The maximum atomic E-state index is 12.2. The number of nitrogens with one attached hydrogen (secondary N) is 2. The number of nitrogens with zero attached hydrogens (tertiary/aromatic N) is 1. The average molecular weight is 303 g/mol. The van der Waals surface area contributed by atoms with E-state index in [1.807, 2.05) is 13.8 Å². The molecule has 0 saturated carbocycles. The van der Waals surface area contributed by atoms with Crippen LogP contribution in [0.2, 0.25) is 0 Å². The molecule has 0 aliphatic rings. The average Bonchev–Trinajstić information content (AvgIpc) is 2.43. The van der Waals surface area contributed by atoms with Crippen molar-refractivity contribution in [3.63, 3.8) is 0 Å². The first kappa shape index (κ1) is 17.1. The molecule has 0 amide bonds. The largest absolute Gasteiger partial charge is 0.484 e. The second kappa shape index (κ2) is 8.39. The summed E-state index contributed by atoms with van der Waals surface area (Å²) in [6.45, 7) is 4.22. The third-order valence-electron chi connectivity index (χ3n) is 2.46. The predicted molar refractivity (Wildman–Crippen MR) is 76.5 cm³/mol. The molecule has 118 valence electrons. The Hall–Kier alpha value is -1.92. The molecule has 0 heterocycles. The van der Waals surface area contributed by atoms with E-state index in [1.54, 1.807) is 18.2 Å². The molecule has 0 aliphatic heterocycles. The molecular formula is C14H20F3N3O. The first-order chi connectivity index (χ1) is 9.96. The van der Waals surface area contributed by atoms with Crippen LogP contribution in [0.4, 0.5) is 13.2 Å². The number of benzene rings is 1. The number of para-hydroxylation sites is 1. The zero-order valence-electron chi connectivity index (χ0n) is 12.1. The molecule has 1 aromatic rings. The van der Waals surface area contributed by atoms with Crippen LogP contribution in [-0.2, 0) is 6.54 Å². The van der Waals surface area contributed by atoms with Crippen molar-refractivity contribution in [3.05, 3.63) is 29.8 Å². The molecule has 0 bridgehead atoms. The van der Waals surface area contributed by atoms with Gasteiger partial charge in [-0.3, -0.25) is 0 Å². The van der Waals surface area contributed by atoms with Gasteiger partial charge in [-0.15, -0.1) is 0 Å². The molecule has 2 N–H and O–H groups in total. The highest BCUT2D eigenvalue weighted by atomic mass is 19.4. The predicted octanol–water partition coefficient (Wildman–Crippen LogP) is 2.70. The summed E-state index contributed by atoms with van der Waals surface area (Å²) < 4.78 is 41.5. The first-order valence-corrected chi connectivity index (χ1v) is 6.76. The smallest absolute Gasteiger partial charge is 0.422 e. The SMILES string of the molecule is CCNC(=NCc1ccccc1OCC(F)(F)F)NCC. The van der Waals surface area contributed by atoms with E-state index < -0.39 is 12.8 Å². The number of hydrogen-bond acceptors (Lipinski definition) is 2. The number of halogens is 3. The van der Waals surface area contributed by atoms with Crippen molar-refractivity contribution in [3.8, 4) is 5.75 Å². The third kappa shape index (κ3) is 6.87. The molecule has 7 heteroatoms. The lowest BCUT2D eigenvalue weighted by atomic mass is 10.2. The molecule has 0 fully saturated rings. The Bertz CT molecular complexity index is 453. The second-order valence-corrected chi connectivity index (χ2v) is 4.24. The van der Waals surface area contributed by atoms with E-state index in [2.05, 4.69) is 15.6 Å². The van der Waals surface area contributed by atoms with Crippen molar-refractivity contribution in [1.29, 1.82) is 0 Å². The van der Waals surface area contributed by atoms with Crippen LogP contribution >= 0.6 is 0 Å². The van der Waals surface area contributed by atoms with Crippen LogP contribution in [-0.4, -0.2) is 31.8 Å². The molecular weight excluding hydrogens is 283 g/mol. The van der Waals surface area contributed by atoms with Gasteiger partial charge < -0.3 is 15.4 Å². The number of ether oxygens (including phenoxy) is 1. The van der Waals surface area contributed by atoms with Crippen molar-refractivity contribution < 1.29 is 17.9 Å². The number of rotatable bonds is 6. The van der Waals surface area contributed by atoms with Gasteiger partial charge in [0.2, 0.25) is 0 Å². The Morgan fingerprint density at radius 3 is 2.33 bits per heavy atom. The Morgan fingerprint density at radius 2 is 1.76 bits per heavy atom. The minimum absolute atomic E-state index is 0.200. The van der Waals surface area contributed by atoms with E-state index in [1.165, 1.54) is 6.07 Å². The quantitative estimate of drug-likeness (QED) is 0.627. The fraction of sp³-hybridized carbons (Fsp3) is 0.500. The van der Waals surface area contributed by atoms with Crippen LogP contribution in [0, 0.1) is 0 Å². The van der Waals surface area contributed by atoms with E-state index >= 15 is 0 Å². The maximum Gasteiger partial charge on any atom is 0.422 e. The highest BCUT2D eigenvalue weighted by Crippen LogP contribution is 2.22. The summed E-state index contributed by atoms with van der Waals surface area (Å²) in [6.07, 6.45) is -4.35. The van der Waals surface area contributed by atoms with Gasteiger partial charge in [-0.05, 0) is 19.9 Å². The van der Waals surface area contributed by atoms with Crippen LogP contribution in [0.1, 0.15) is 19.4 Å². The van der Waals surface area contributed by atoms with Crippen molar-refractivity contribution in [2.45, 2.75) is 26.6 Å². The summed E-state index contributed by atoms with van der Waals surface area (Å²) in [7, 11) is 0. The summed E-state index contributed by atoms with van der Waals surface area (Å²) in [5, 5.41) is 6.10. The van der Waals surface area contributed by atoms with Gasteiger partial charge >= 0.3 is 6.18 Å². The monoisotopic (exact) mass is 303 g/mol. The molecule has 0 unspecified atom stereocenters. The zero-order chi connectivity index (χ0) is 15.7. The van der Waals surface area contributed by atoms with Gasteiger partial charge in [0.25, 0.3) is 0 Å². The Kier molecular flexibility index (Phi) is 6.84. The molecule has 0 spiro atoms. The molecule has 4 nitrogen and oxygen atoms in total. The van der Waals surface area contributed by atoms with Gasteiger partial charge in [0.1, 0.15) is 5.75 Å². The molecule has 0 saturated heterocycles. The Labute approximate surface area is 122 Å². The molecule has 0 atom stereocenters. The Balaban J connectivity index is 2.75. The topological polar surface area (TPSA) is 45.7 Å². The number of hydrogen-bond donors (Lipinski definition) is 2. The van der Waals surface area contributed by atoms with Crippen LogP contribution in [0.3, 0.4) is 0 Å². The minimum Gasteiger partial charge on any atom is -0.484 e. The number of aliphatic imine (C=N–C) groups is 1. The minimum atomic E-state index is -4.35. The van der Waals surface area contributed by atoms with Crippen molar-refractivity contribution in [2.75, 3.05) is 19.7 Å². The van der Waals surface area contributed by atoms with E-state index in [4.69, 9.17) is 4.74 Å². The lowest BCUT2D eigenvalue weighted by Crippen LogP contribution is -2.37. The Morgan fingerprint density at radius 1 is 1.14 bits per heavy atom. The van der Waals surface area contributed by atoms with Gasteiger partial charge in [0.05, 0.1) is 6.54 Å². The molecule has 21 heavy (non-hydrogen) atoms. The summed E-state index contributed by atoms with van der Waals surface area (Å²) in [5.74, 6) is 0.816. The standard InChI is InChI=1S/C14H20F3N3O/c1-3-18-13(19-4-2)20-9-11-7-5-6-8-12(11)21-10-14(15,16)17/h5-8H,3-4,9-10H2,1-2H3,(H2,18,19,20). The normalized spacial score (nSPS) is 10.9. The van der Waals surface area contributed by atoms with Crippen LogP contribution in [0.25, 0.3) is 0 Å². The van der Waals surface area contributed by atoms with Crippen molar-refractivity contribution in [1.82, 2.24) is 10.6 Å². The summed E-state index contributed by atoms with van der Waals surface area (Å²) in [6, 6.07) is 6.58. The van der Waals surface area contributed by atoms with Crippen LogP contribution in [0.15, 0.2) is 29.3 Å². The van der Waals surface area contributed by atoms with E-state index in [0.29, 0.717) is 24.6 Å². The van der Waals surface area contributed by atoms with Gasteiger partial charge in [0, 0.05) is 18.7 Å². The maximum absolute atomic E-state index is 12.2. The zero-order valence-corrected chi connectivity index (χ0v) is 12.1. The second-order valence-electron chi connectivity index (χ2n) is 4.24.